The van der Waals surface area contributed by atoms with Crippen molar-refractivity contribution in [2.45, 2.75) is 30.8 Å². The summed E-state index contributed by atoms with van der Waals surface area (Å²) < 4.78 is 0. The summed E-state index contributed by atoms with van der Waals surface area (Å²) in [7, 11) is 0. The van der Waals surface area contributed by atoms with Crippen LogP contribution in [0.4, 0.5) is 0 Å². The molecule has 0 amide bonds. The van der Waals surface area contributed by atoms with Crippen molar-refractivity contribution in [2.24, 2.45) is 5.41 Å². The number of hydrogen-bond donors (Lipinski definition) is 1. The molecule has 3 saturated carbocycles. The molecule has 3 fully saturated rings. The number of benzene rings is 2. The molecule has 3 aliphatic rings. The molecule has 1 heteroatoms. The third-order valence-corrected chi connectivity index (χ3v) is 5.15. The highest BCUT2D eigenvalue weighted by Gasteiger charge is 2.70. The van der Waals surface area contributed by atoms with E-state index in [0.717, 1.165) is 24.8 Å². The van der Waals surface area contributed by atoms with E-state index in [0.29, 0.717) is 5.41 Å². The zero-order valence-electron chi connectivity index (χ0n) is 10.9. The van der Waals surface area contributed by atoms with E-state index in [4.69, 9.17) is 0 Å². The first-order valence-corrected chi connectivity index (χ1v) is 7.03. The standard InChI is InChI=1S/C18H18O/c19-16(14-7-3-1-4-8-14)18-11-17(12-18,13-18)15-9-5-2-6-10-15/h1-10,16,19H,11-13H2/t16-,17?,18?/m0/s1. The predicted molar refractivity (Wildman–Crippen MR) is 75.8 cm³/mol. The summed E-state index contributed by atoms with van der Waals surface area (Å²) in [6.07, 6.45) is 3.12. The van der Waals surface area contributed by atoms with Crippen molar-refractivity contribution in [1.82, 2.24) is 0 Å². The Balaban J connectivity index is 1.54. The van der Waals surface area contributed by atoms with Crippen LogP contribution in [0, 0.1) is 5.41 Å². The van der Waals surface area contributed by atoms with Crippen LogP contribution in [-0.4, -0.2) is 5.11 Å². The van der Waals surface area contributed by atoms with E-state index in [1.54, 1.807) is 0 Å². The summed E-state index contributed by atoms with van der Waals surface area (Å²) >= 11 is 0. The molecule has 19 heavy (non-hydrogen) atoms. The van der Waals surface area contributed by atoms with E-state index in [9.17, 15) is 5.11 Å². The normalized spacial score (nSPS) is 33.1. The van der Waals surface area contributed by atoms with Gasteiger partial charge in [-0.15, -0.1) is 0 Å². The van der Waals surface area contributed by atoms with Gasteiger partial charge in [-0.1, -0.05) is 60.7 Å². The largest absolute Gasteiger partial charge is 0.388 e. The summed E-state index contributed by atoms with van der Waals surface area (Å²) in [5.74, 6) is 0. The smallest absolute Gasteiger partial charge is 0.0847 e. The Hall–Kier alpha value is -1.60. The Bertz CT molecular complexity index is 568. The number of hydrogen-bond acceptors (Lipinski definition) is 1. The van der Waals surface area contributed by atoms with E-state index in [1.807, 2.05) is 30.3 Å². The molecule has 1 atom stereocenters. The fourth-order valence-electron chi connectivity index (χ4n) is 4.24. The van der Waals surface area contributed by atoms with Crippen molar-refractivity contribution in [3.05, 3.63) is 71.8 Å². The van der Waals surface area contributed by atoms with Crippen molar-refractivity contribution in [1.29, 1.82) is 0 Å². The van der Waals surface area contributed by atoms with E-state index in [2.05, 4.69) is 30.3 Å². The molecular weight excluding hydrogens is 232 g/mol. The molecule has 1 N–H and O–H groups in total. The Morgan fingerprint density at radius 3 is 1.89 bits per heavy atom. The molecule has 2 aromatic carbocycles. The first-order chi connectivity index (χ1) is 9.24. The maximum atomic E-state index is 10.6. The molecule has 2 aromatic rings. The first kappa shape index (κ1) is 11.2. The molecule has 0 aromatic heterocycles. The highest BCUT2D eigenvalue weighted by Crippen LogP contribution is 2.77. The Kier molecular flexibility index (Phi) is 2.19. The van der Waals surface area contributed by atoms with Crippen LogP contribution in [-0.2, 0) is 5.41 Å². The summed E-state index contributed by atoms with van der Waals surface area (Å²) in [5.41, 5.74) is 3.05. The van der Waals surface area contributed by atoms with Gasteiger partial charge in [0.25, 0.3) is 0 Å². The zero-order valence-corrected chi connectivity index (χ0v) is 10.9. The number of aliphatic hydroxyl groups is 1. The van der Waals surface area contributed by atoms with E-state index >= 15 is 0 Å². The molecule has 2 bridgehead atoms. The monoisotopic (exact) mass is 250 g/mol. The third kappa shape index (κ3) is 1.45. The minimum Gasteiger partial charge on any atom is -0.388 e. The molecule has 0 aliphatic heterocycles. The maximum Gasteiger partial charge on any atom is 0.0847 e. The maximum absolute atomic E-state index is 10.6. The summed E-state index contributed by atoms with van der Waals surface area (Å²) in [4.78, 5) is 0. The fourth-order valence-corrected chi connectivity index (χ4v) is 4.24. The first-order valence-electron chi connectivity index (χ1n) is 7.03. The van der Waals surface area contributed by atoms with Gasteiger partial charge in [-0.05, 0) is 35.8 Å². The highest BCUT2D eigenvalue weighted by atomic mass is 16.3. The minimum absolute atomic E-state index is 0.150. The third-order valence-electron chi connectivity index (χ3n) is 5.15. The molecule has 1 nitrogen and oxygen atoms in total. The van der Waals surface area contributed by atoms with Gasteiger partial charge < -0.3 is 5.11 Å². The molecule has 0 saturated heterocycles. The van der Waals surface area contributed by atoms with Crippen molar-refractivity contribution in [3.63, 3.8) is 0 Å². The topological polar surface area (TPSA) is 20.2 Å². The van der Waals surface area contributed by atoms with Crippen LogP contribution in [0.1, 0.15) is 36.5 Å². The lowest BCUT2D eigenvalue weighted by atomic mass is 9.32. The molecule has 96 valence electrons. The van der Waals surface area contributed by atoms with Gasteiger partial charge in [-0.3, -0.25) is 0 Å². The molecule has 0 heterocycles. The van der Waals surface area contributed by atoms with Gasteiger partial charge in [0.05, 0.1) is 6.10 Å². The van der Waals surface area contributed by atoms with Crippen LogP contribution in [0.5, 0.6) is 0 Å². The Labute approximate surface area is 113 Å². The fraction of sp³-hybridized carbons (Fsp3) is 0.333. The van der Waals surface area contributed by atoms with Crippen LogP contribution in [0.3, 0.4) is 0 Å². The highest BCUT2D eigenvalue weighted by molar-refractivity contribution is 5.41. The lowest BCUT2D eigenvalue weighted by molar-refractivity contribution is -0.210. The summed E-state index contributed by atoms with van der Waals surface area (Å²) in [5, 5.41) is 10.6. The Morgan fingerprint density at radius 1 is 0.789 bits per heavy atom. The van der Waals surface area contributed by atoms with E-state index in [1.165, 1.54) is 5.56 Å². The van der Waals surface area contributed by atoms with Gasteiger partial charge in [-0.25, -0.2) is 0 Å². The van der Waals surface area contributed by atoms with Gasteiger partial charge in [0.2, 0.25) is 0 Å². The van der Waals surface area contributed by atoms with Crippen LogP contribution in [0.2, 0.25) is 0 Å². The number of aliphatic hydroxyl groups excluding tert-OH is 1. The average molecular weight is 250 g/mol. The van der Waals surface area contributed by atoms with Crippen LogP contribution in [0.15, 0.2) is 60.7 Å². The van der Waals surface area contributed by atoms with Crippen LogP contribution >= 0.6 is 0 Å². The van der Waals surface area contributed by atoms with Crippen LogP contribution < -0.4 is 0 Å². The van der Waals surface area contributed by atoms with Gasteiger partial charge in [0, 0.05) is 5.41 Å². The summed E-state index contributed by atoms with van der Waals surface area (Å²) in [6.45, 7) is 0. The van der Waals surface area contributed by atoms with Gasteiger partial charge in [0.15, 0.2) is 0 Å². The van der Waals surface area contributed by atoms with Crippen LogP contribution in [0.25, 0.3) is 0 Å². The second-order valence-electron chi connectivity index (χ2n) is 6.35. The minimum atomic E-state index is -0.292. The second kappa shape index (κ2) is 3.71. The number of rotatable bonds is 3. The average Bonchev–Trinajstić information content (AvgIpc) is 2.38. The SMILES string of the molecule is O[C@@H](c1ccccc1)C12CC(c3ccccc3)(C1)C2. The van der Waals surface area contributed by atoms with Crippen molar-refractivity contribution < 1.29 is 5.11 Å². The van der Waals surface area contributed by atoms with Gasteiger partial charge >= 0.3 is 0 Å². The summed E-state index contributed by atoms with van der Waals surface area (Å²) in [6, 6.07) is 20.9. The lowest BCUT2D eigenvalue weighted by Gasteiger charge is -2.72. The predicted octanol–water partition coefficient (Wildman–Crippen LogP) is 3.84. The molecule has 3 aliphatic carbocycles. The second-order valence-corrected chi connectivity index (χ2v) is 6.35. The van der Waals surface area contributed by atoms with E-state index in [-0.39, 0.29) is 11.5 Å². The lowest BCUT2D eigenvalue weighted by Crippen LogP contribution is -2.66. The Morgan fingerprint density at radius 2 is 1.32 bits per heavy atom. The van der Waals surface area contributed by atoms with Gasteiger partial charge in [0.1, 0.15) is 0 Å². The molecular formula is C18H18O. The molecule has 0 spiro atoms. The molecule has 0 radical (unpaired) electrons. The van der Waals surface area contributed by atoms with E-state index < -0.39 is 0 Å². The molecule has 0 unspecified atom stereocenters. The van der Waals surface area contributed by atoms with Crippen molar-refractivity contribution >= 4 is 0 Å². The molecule has 5 rings (SSSR count). The van der Waals surface area contributed by atoms with Crippen molar-refractivity contribution in [2.75, 3.05) is 0 Å². The van der Waals surface area contributed by atoms with Gasteiger partial charge in [-0.2, -0.15) is 0 Å². The van der Waals surface area contributed by atoms with Crippen molar-refractivity contribution in [3.8, 4) is 0 Å². The quantitative estimate of drug-likeness (QED) is 0.877. The zero-order chi connectivity index (χ0) is 12.9.